The first-order valence-electron chi connectivity index (χ1n) is 7.16. The molecule has 1 spiro atoms. The van der Waals surface area contributed by atoms with Crippen LogP contribution in [0.2, 0.25) is 0 Å². The van der Waals surface area contributed by atoms with Crippen molar-refractivity contribution in [1.29, 1.82) is 5.41 Å². The summed E-state index contributed by atoms with van der Waals surface area (Å²) in [6.45, 7) is 0. The second-order valence-corrected chi connectivity index (χ2v) is 7.56. The summed E-state index contributed by atoms with van der Waals surface area (Å²) in [6.07, 6.45) is 2.00. The third kappa shape index (κ3) is 1.73. The lowest BCUT2D eigenvalue weighted by Crippen LogP contribution is -2.38. The van der Waals surface area contributed by atoms with Gasteiger partial charge in [0.15, 0.2) is 0 Å². The van der Waals surface area contributed by atoms with Crippen LogP contribution >= 0.6 is 15.9 Å². The van der Waals surface area contributed by atoms with Gasteiger partial charge in [0.1, 0.15) is 0 Å². The summed E-state index contributed by atoms with van der Waals surface area (Å²) in [6, 6.07) is 6.24. The van der Waals surface area contributed by atoms with E-state index in [1.165, 1.54) is 11.1 Å². The molecule has 0 heterocycles. The van der Waals surface area contributed by atoms with E-state index in [4.69, 9.17) is 5.41 Å². The van der Waals surface area contributed by atoms with Crippen LogP contribution in [0, 0.1) is 16.7 Å². The van der Waals surface area contributed by atoms with Crippen molar-refractivity contribution in [3.63, 3.8) is 0 Å². The molecule has 1 nitrogen and oxygen atoms in total. The lowest BCUT2D eigenvalue weighted by Gasteiger charge is -2.43. The second kappa shape index (κ2) is 3.90. The molecule has 2 unspecified atom stereocenters. The molecule has 2 atom stereocenters. The zero-order chi connectivity index (χ0) is 14.1. The van der Waals surface area contributed by atoms with Crippen molar-refractivity contribution in [2.24, 2.45) is 11.3 Å². The van der Waals surface area contributed by atoms with Gasteiger partial charge in [-0.2, -0.15) is 0 Å². The van der Waals surface area contributed by atoms with E-state index >= 15 is 0 Å². The molecule has 4 rings (SSSR count). The first-order chi connectivity index (χ1) is 9.42. The summed E-state index contributed by atoms with van der Waals surface area (Å²) in [5.74, 6) is -2.07. The van der Waals surface area contributed by atoms with Gasteiger partial charge in [0.25, 0.3) is 0 Å². The zero-order valence-corrected chi connectivity index (χ0v) is 12.6. The third-order valence-corrected chi connectivity index (χ3v) is 6.01. The van der Waals surface area contributed by atoms with Gasteiger partial charge >= 0.3 is 0 Å². The summed E-state index contributed by atoms with van der Waals surface area (Å²) in [7, 11) is 0. The Labute approximate surface area is 125 Å². The zero-order valence-electron chi connectivity index (χ0n) is 11.1. The molecule has 0 radical (unpaired) electrons. The van der Waals surface area contributed by atoms with Crippen molar-refractivity contribution in [3.8, 4) is 0 Å². The molecule has 2 saturated carbocycles. The molecule has 0 amide bonds. The Kier molecular flexibility index (Phi) is 2.52. The van der Waals surface area contributed by atoms with Crippen molar-refractivity contribution in [2.75, 3.05) is 0 Å². The largest absolute Gasteiger partial charge is 0.309 e. The summed E-state index contributed by atoms with van der Waals surface area (Å²) in [5.41, 5.74) is 3.22. The fourth-order valence-electron chi connectivity index (χ4n) is 4.40. The molecule has 20 heavy (non-hydrogen) atoms. The van der Waals surface area contributed by atoms with Gasteiger partial charge in [-0.05, 0) is 47.9 Å². The summed E-state index contributed by atoms with van der Waals surface area (Å²) >= 11 is 3.49. The van der Waals surface area contributed by atoms with Gasteiger partial charge in [0.05, 0.1) is 0 Å². The third-order valence-electron chi connectivity index (χ3n) is 5.52. The molecular formula is C16H16BrF2N. The van der Waals surface area contributed by atoms with Crippen molar-refractivity contribution in [3.05, 3.63) is 33.8 Å². The molecule has 0 bridgehead atoms. The van der Waals surface area contributed by atoms with E-state index < -0.39 is 5.92 Å². The van der Waals surface area contributed by atoms with Crippen molar-refractivity contribution in [1.82, 2.24) is 0 Å². The van der Waals surface area contributed by atoms with Crippen LogP contribution in [0.3, 0.4) is 0 Å². The SMILES string of the molecule is N=C1C2c3cc(Br)ccc3CC3(CCC(F)(F)CC3)C12. The van der Waals surface area contributed by atoms with Gasteiger partial charge in [-0.3, -0.25) is 0 Å². The quantitative estimate of drug-likeness (QED) is 0.692. The monoisotopic (exact) mass is 339 g/mol. The second-order valence-electron chi connectivity index (χ2n) is 6.65. The Morgan fingerprint density at radius 3 is 2.55 bits per heavy atom. The minimum absolute atomic E-state index is 0.00460. The van der Waals surface area contributed by atoms with Crippen molar-refractivity contribution in [2.45, 2.75) is 43.9 Å². The van der Waals surface area contributed by atoms with Crippen LogP contribution < -0.4 is 0 Å². The van der Waals surface area contributed by atoms with Gasteiger partial charge in [0, 0.05) is 34.9 Å². The van der Waals surface area contributed by atoms with E-state index in [-0.39, 0.29) is 30.1 Å². The number of rotatable bonds is 0. The Morgan fingerprint density at radius 1 is 1.15 bits per heavy atom. The average Bonchev–Trinajstić information content (AvgIpc) is 3.08. The van der Waals surface area contributed by atoms with E-state index in [1.54, 1.807) is 0 Å². The number of hydrogen-bond donors (Lipinski definition) is 1. The summed E-state index contributed by atoms with van der Waals surface area (Å²) < 4.78 is 28.0. The van der Waals surface area contributed by atoms with Crippen LogP contribution in [0.4, 0.5) is 8.78 Å². The topological polar surface area (TPSA) is 23.9 Å². The van der Waals surface area contributed by atoms with Gasteiger partial charge < -0.3 is 5.41 Å². The molecule has 0 aliphatic heterocycles. The minimum Gasteiger partial charge on any atom is -0.309 e. The van der Waals surface area contributed by atoms with Gasteiger partial charge in [-0.1, -0.05) is 22.0 Å². The molecule has 1 aromatic carbocycles. The summed E-state index contributed by atoms with van der Waals surface area (Å²) in [5, 5.41) is 8.22. The molecule has 1 N–H and O–H groups in total. The van der Waals surface area contributed by atoms with E-state index in [0.29, 0.717) is 12.8 Å². The molecule has 4 heteroatoms. The van der Waals surface area contributed by atoms with Crippen molar-refractivity contribution < 1.29 is 8.78 Å². The highest BCUT2D eigenvalue weighted by Gasteiger charge is 2.63. The molecule has 0 aromatic heterocycles. The Balaban J connectivity index is 1.72. The highest BCUT2D eigenvalue weighted by atomic mass is 79.9. The molecule has 3 aliphatic rings. The number of fused-ring (bicyclic) bond motifs is 4. The Bertz CT molecular complexity index is 600. The molecular weight excluding hydrogens is 324 g/mol. The van der Waals surface area contributed by atoms with Gasteiger partial charge in [-0.15, -0.1) is 0 Å². The normalized spacial score (nSPS) is 32.6. The summed E-state index contributed by atoms with van der Waals surface area (Å²) in [4.78, 5) is 0. The number of nitrogens with one attached hydrogen (secondary N) is 1. The van der Waals surface area contributed by atoms with Gasteiger partial charge in [0.2, 0.25) is 5.92 Å². The number of hydrogen-bond acceptors (Lipinski definition) is 1. The predicted octanol–water partition coefficient (Wildman–Crippen LogP) is 4.93. The predicted molar refractivity (Wildman–Crippen MR) is 77.7 cm³/mol. The van der Waals surface area contributed by atoms with Crippen LogP contribution in [0.25, 0.3) is 0 Å². The van der Waals surface area contributed by atoms with E-state index in [0.717, 1.165) is 16.6 Å². The Hall–Kier alpha value is -0.770. The molecule has 106 valence electrons. The molecule has 2 fully saturated rings. The van der Waals surface area contributed by atoms with Crippen LogP contribution in [0.15, 0.2) is 22.7 Å². The molecule has 1 aromatic rings. The minimum atomic E-state index is -2.49. The van der Waals surface area contributed by atoms with Crippen LogP contribution in [0.5, 0.6) is 0 Å². The highest BCUT2D eigenvalue weighted by molar-refractivity contribution is 9.10. The standard InChI is InChI=1S/C16H16BrF2N/c17-10-2-1-9-8-15(3-5-16(18,19)6-4-15)13-12(14(13)20)11(9)7-10/h1-2,7,12-13,20H,3-6,8H2. The number of halogens is 3. The van der Waals surface area contributed by atoms with Crippen LogP contribution in [0.1, 0.15) is 42.7 Å². The lowest BCUT2D eigenvalue weighted by molar-refractivity contribution is -0.0721. The first kappa shape index (κ1) is 12.9. The lowest BCUT2D eigenvalue weighted by atomic mass is 9.63. The van der Waals surface area contributed by atoms with Gasteiger partial charge in [-0.25, -0.2) is 8.78 Å². The van der Waals surface area contributed by atoms with Crippen LogP contribution in [-0.2, 0) is 6.42 Å². The van der Waals surface area contributed by atoms with E-state index in [2.05, 4.69) is 28.1 Å². The number of alkyl halides is 2. The molecule has 3 aliphatic carbocycles. The maximum Gasteiger partial charge on any atom is 0.248 e. The average molecular weight is 340 g/mol. The highest BCUT2D eigenvalue weighted by Crippen LogP contribution is 2.65. The fourth-order valence-corrected chi connectivity index (χ4v) is 4.78. The first-order valence-corrected chi connectivity index (χ1v) is 7.96. The number of benzene rings is 1. The maximum absolute atomic E-state index is 13.5. The molecule has 0 saturated heterocycles. The Morgan fingerprint density at radius 2 is 1.85 bits per heavy atom. The van der Waals surface area contributed by atoms with Crippen LogP contribution in [-0.4, -0.2) is 11.6 Å². The fraction of sp³-hybridized carbons (Fsp3) is 0.562. The van der Waals surface area contributed by atoms with E-state index in [9.17, 15) is 8.78 Å². The smallest absolute Gasteiger partial charge is 0.248 e. The van der Waals surface area contributed by atoms with Crippen molar-refractivity contribution >= 4 is 21.6 Å². The maximum atomic E-state index is 13.5. The van der Waals surface area contributed by atoms with E-state index in [1.807, 2.05) is 6.07 Å².